The van der Waals surface area contributed by atoms with Crippen LogP contribution in [0.4, 0.5) is 0 Å². The first kappa shape index (κ1) is 30.5. The van der Waals surface area contributed by atoms with E-state index in [1.54, 1.807) is 0 Å². The van der Waals surface area contributed by atoms with Gasteiger partial charge in [0.15, 0.2) is 5.78 Å². The standard InChI is InChI=1S/C35H52O6/c1-30(2)21(24(36)9-10-27(38)39)11-13-33(5)26(30)12-14-35(7)28(33)25(37)19-22-23-20-32(4,29(40)41-8)16-15-31(23,3)17-18-34(22,35)6/h19,21,23,26,28H,9-18,20H2,1-8H3,(H,38,39)/t21-,23+,26+,28-,31-,32+,33+,34-,35-/m1/s1. The largest absolute Gasteiger partial charge is 0.481 e. The molecule has 5 aliphatic carbocycles. The number of carboxylic acid groups (broad SMARTS) is 1. The van der Waals surface area contributed by atoms with Gasteiger partial charge in [0.25, 0.3) is 0 Å². The third-order valence-corrected chi connectivity index (χ3v) is 14.3. The summed E-state index contributed by atoms with van der Waals surface area (Å²) in [7, 11) is 1.48. The predicted molar refractivity (Wildman–Crippen MR) is 157 cm³/mol. The third-order valence-electron chi connectivity index (χ3n) is 14.3. The lowest BCUT2D eigenvalue weighted by molar-refractivity contribution is -0.194. The average Bonchev–Trinajstić information content (AvgIpc) is 2.88. The zero-order valence-electron chi connectivity index (χ0n) is 26.7. The molecule has 6 nitrogen and oxygen atoms in total. The molecule has 4 fully saturated rings. The normalized spacial score (nSPS) is 46.6. The Bertz CT molecular complexity index is 1200. The summed E-state index contributed by atoms with van der Waals surface area (Å²) in [5.74, 6) is -0.636. The van der Waals surface area contributed by atoms with Crippen LogP contribution in [0.5, 0.6) is 0 Å². The van der Waals surface area contributed by atoms with Gasteiger partial charge in [-0.05, 0) is 110 Å². The second-order valence-electron chi connectivity index (χ2n) is 16.5. The summed E-state index contributed by atoms with van der Waals surface area (Å²) >= 11 is 0. The summed E-state index contributed by atoms with van der Waals surface area (Å²) in [6.07, 6.45) is 10.1. The highest BCUT2D eigenvalue weighted by Gasteiger charge is 2.70. The van der Waals surface area contributed by atoms with Crippen molar-refractivity contribution < 1.29 is 29.0 Å². The fraction of sp³-hybridized carbons (Fsp3) is 0.829. The number of ether oxygens (including phenoxy) is 1. The first-order valence-electron chi connectivity index (χ1n) is 16.0. The maximum Gasteiger partial charge on any atom is 0.311 e. The fourth-order valence-electron chi connectivity index (χ4n) is 11.6. The molecule has 0 amide bonds. The Hall–Kier alpha value is -1.98. The van der Waals surface area contributed by atoms with Crippen molar-refractivity contribution in [2.45, 2.75) is 119 Å². The van der Waals surface area contributed by atoms with Crippen molar-refractivity contribution in [3.63, 3.8) is 0 Å². The number of esters is 1. The smallest absolute Gasteiger partial charge is 0.311 e. The number of Topliss-reactive ketones (excluding diaryl/α,β-unsaturated/α-hetero) is 1. The van der Waals surface area contributed by atoms with Crippen LogP contribution in [-0.2, 0) is 23.9 Å². The molecule has 0 spiro atoms. The molecule has 0 aliphatic heterocycles. The zero-order valence-corrected chi connectivity index (χ0v) is 26.7. The molecule has 0 heterocycles. The van der Waals surface area contributed by atoms with Gasteiger partial charge in [-0.1, -0.05) is 47.1 Å². The van der Waals surface area contributed by atoms with Crippen molar-refractivity contribution in [2.24, 2.45) is 56.2 Å². The van der Waals surface area contributed by atoms with E-state index in [4.69, 9.17) is 9.84 Å². The van der Waals surface area contributed by atoms with Gasteiger partial charge in [0, 0.05) is 18.3 Å². The predicted octanol–water partition coefficient (Wildman–Crippen LogP) is 7.19. The topological polar surface area (TPSA) is 97.7 Å². The van der Waals surface area contributed by atoms with Crippen LogP contribution < -0.4 is 0 Å². The van der Waals surface area contributed by atoms with E-state index in [9.17, 15) is 19.2 Å². The van der Waals surface area contributed by atoms with E-state index in [2.05, 4.69) is 41.5 Å². The first-order chi connectivity index (χ1) is 18.9. The Morgan fingerprint density at radius 1 is 0.902 bits per heavy atom. The molecular formula is C35H52O6. The van der Waals surface area contributed by atoms with Gasteiger partial charge in [-0.2, -0.15) is 0 Å². The Labute approximate surface area is 246 Å². The van der Waals surface area contributed by atoms with Gasteiger partial charge in [-0.25, -0.2) is 0 Å². The lowest BCUT2D eigenvalue weighted by Gasteiger charge is -2.70. The molecular weight excluding hydrogens is 516 g/mol. The molecule has 41 heavy (non-hydrogen) atoms. The molecule has 0 radical (unpaired) electrons. The number of methoxy groups -OCH3 is 1. The van der Waals surface area contributed by atoms with E-state index < -0.39 is 11.4 Å². The van der Waals surface area contributed by atoms with E-state index in [0.29, 0.717) is 6.42 Å². The minimum atomic E-state index is -0.928. The van der Waals surface area contributed by atoms with Gasteiger partial charge in [0.05, 0.1) is 18.9 Å². The van der Waals surface area contributed by atoms with Crippen molar-refractivity contribution in [1.82, 2.24) is 0 Å². The number of carboxylic acids is 1. The minimum absolute atomic E-state index is 0.0643. The Balaban J connectivity index is 1.52. The number of aliphatic carboxylic acids is 1. The number of allylic oxidation sites excluding steroid dienone is 2. The van der Waals surface area contributed by atoms with Gasteiger partial charge >= 0.3 is 11.9 Å². The van der Waals surface area contributed by atoms with Crippen LogP contribution >= 0.6 is 0 Å². The van der Waals surface area contributed by atoms with Crippen LogP contribution in [0.15, 0.2) is 11.6 Å². The molecule has 0 aromatic rings. The molecule has 1 N–H and O–H groups in total. The van der Waals surface area contributed by atoms with Gasteiger partial charge in [0.2, 0.25) is 0 Å². The van der Waals surface area contributed by atoms with Crippen LogP contribution in [0.3, 0.4) is 0 Å². The maximum absolute atomic E-state index is 14.5. The van der Waals surface area contributed by atoms with Gasteiger partial charge in [-0.3, -0.25) is 19.2 Å². The van der Waals surface area contributed by atoms with Crippen LogP contribution in [-0.4, -0.2) is 35.7 Å². The van der Waals surface area contributed by atoms with Gasteiger partial charge < -0.3 is 9.84 Å². The van der Waals surface area contributed by atoms with Crippen molar-refractivity contribution in [1.29, 1.82) is 0 Å². The number of carbonyl (C=O) groups is 4. The van der Waals surface area contributed by atoms with E-state index in [-0.39, 0.29) is 81.1 Å². The van der Waals surface area contributed by atoms with Crippen molar-refractivity contribution in [2.75, 3.05) is 7.11 Å². The molecule has 0 aromatic carbocycles. The number of hydrogen-bond acceptors (Lipinski definition) is 5. The summed E-state index contributed by atoms with van der Waals surface area (Å²) in [6, 6.07) is 0. The van der Waals surface area contributed by atoms with E-state index in [0.717, 1.165) is 51.4 Å². The van der Waals surface area contributed by atoms with E-state index >= 15 is 0 Å². The Morgan fingerprint density at radius 3 is 2.20 bits per heavy atom. The molecule has 4 saturated carbocycles. The minimum Gasteiger partial charge on any atom is -0.481 e. The lowest BCUT2D eigenvalue weighted by atomic mass is 9.33. The summed E-state index contributed by atoms with van der Waals surface area (Å²) < 4.78 is 5.26. The van der Waals surface area contributed by atoms with Crippen LogP contribution in [0.2, 0.25) is 0 Å². The highest BCUT2D eigenvalue weighted by molar-refractivity contribution is 5.96. The van der Waals surface area contributed by atoms with Crippen molar-refractivity contribution >= 4 is 23.5 Å². The second kappa shape index (κ2) is 9.51. The third kappa shape index (κ3) is 4.15. The fourth-order valence-corrected chi connectivity index (χ4v) is 11.6. The number of fused-ring (bicyclic) bond motifs is 7. The lowest BCUT2D eigenvalue weighted by Crippen LogP contribution is -2.66. The number of ketones is 2. The SMILES string of the molecule is COC(=O)[C@@]1(C)CC[C@]2(C)CC[C@]3(C)C(=CC(=O)[C@@H]4[C@@]5(C)CC[C@H](C(=O)CCC(=O)O)C(C)(C)[C@@H]5CC[C@]43C)[C@@H]2C1. The summed E-state index contributed by atoms with van der Waals surface area (Å²) in [5, 5.41) is 9.16. The molecule has 5 aliphatic rings. The maximum atomic E-state index is 14.5. The van der Waals surface area contributed by atoms with E-state index in [1.807, 2.05) is 13.0 Å². The number of carbonyl (C=O) groups excluding carboxylic acids is 3. The molecule has 0 unspecified atom stereocenters. The molecule has 9 atom stereocenters. The van der Waals surface area contributed by atoms with Crippen LogP contribution in [0.25, 0.3) is 0 Å². The highest BCUT2D eigenvalue weighted by Crippen LogP contribution is 2.75. The number of rotatable bonds is 5. The highest BCUT2D eigenvalue weighted by atomic mass is 16.5. The molecule has 5 rings (SSSR count). The molecule has 228 valence electrons. The van der Waals surface area contributed by atoms with Gasteiger partial charge in [0.1, 0.15) is 5.78 Å². The monoisotopic (exact) mass is 568 g/mol. The van der Waals surface area contributed by atoms with Gasteiger partial charge in [-0.15, -0.1) is 0 Å². The summed E-state index contributed by atoms with van der Waals surface area (Å²) in [4.78, 5) is 51.9. The summed E-state index contributed by atoms with van der Waals surface area (Å²) in [6.45, 7) is 15.9. The van der Waals surface area contributed by atoms with Crippen LogP contribution in [0, 0.1) is 56.2 Å². The molecule has 0 aromatic heterocycles. The van der Waals surface area contributed by atoms with E-state index in [1.165, 1.54) is 12.7 Å². The average molecular weight is 569 g/mol. The van der Waals surface area contributed by atoms with Crippen LogP contribution in [0.1, 0.15) is 119 Å². The Kier molecular flexibility index (Phi) is 7.07. The first-order valence-corrected chi connectivity index (χ1v) is 16.0. The molecule has 0 saturated heterocycles. The Morgan fingerprint density at radius 2 is 1.56 bits per heavy atom. The molecule has 0 bridgehead atoms. The zero-order chi connectivity index (χ0) is 30.4. The second-order valence-corrected chi connectivity index (χ2v) is 16.5. The van der Waals surface area contributed by atoms with Crippen molar-refractivity contribution in [3.05, 3.63) is 11.6 Å². The number of hydrogen-bond donors (Lipinski definition) is 1. The van der Waals surface area contributed by atoms with Crippen molar-refractivity contribution in [3.8, 4) is 0 Å². The summed E-state index contributed by atoms with van der Waals surface area (Å²) in [5.41, 5.74) is -0.0181. The molecule has 6 heteroatoms. The quantitative estimate of drug-likeness (QED) is 0.353.